The maximum atomic E-state index is 12.2. The number of rotatable bonds is 47. The molecule has 0 aromatic heterocycles. The van der Waals surface area contributed by atoms with Crippen LogP contribution in [0.1, 0.15) is 290 Å². The zero-order chi connectivity index (χ0) is 40.0. The van der Waals surface area contributed by atoms with Gasteiger partial charge in [-0.05, 0) is 12.8 Å². The van der Waals surface area contributed by atoms with Crippen LogP contribution in [0.2, 0.25) is 0 Å². The van der Waals surface area contributed by atoms with Gasteiger partial charge >= 0.3 is 11.9 Å². The number of carbonyl (C=O) groups is 2. The third kappa shape index (κ3) is 45.5. The predicted molar refractivity (Wildman–Crippen MR) is 238 cm³/mol. The number of unbranched alkanes of at least 4 members (excludes halogenated alkanes) is 39. The van der Waals surface area contributed by atoms with E-state index >= 15 is 0 Å². The lowest BCUT2D eigenvalue weighted by Gasteiger charge is -2.15. The largest absolute Gasteiger partial charge is 0.462 e. The van der Waals surface area contributed by atoms with Crippen molar-refractivity contribution in [1.82, 2.24) is 0 Å². The lowest BCUT2D eigenvalue weighted by Crippen LogP contribution is -2.28. The van der Waals surface area contributed by atoms with E-state index in [1.807, 2.05) is 0 Å². The minimum atomic E-state index is -0.761. The Bertz CT molecular complexity index is 754. The highest BCUT2D eigenvalue weighted by molar-refractivity contribution is 5.70. The lowest BCUT2D eigenvalue weighted by atomic mass is 10.0. The molecule has 5 nitrogen and oxygen atoms in total. The van der Waals surface area contributed by atoms with Crippen molar-refractivity contribution in [3.63, 3.8) is 0 Å². The first-order chi connectivity index (χ1) is 27.1. The fourth-order valence-corrected chi connectivity index (χ4v) is 7.85. The van der Waals surface area contributed by atoms with Crippen molar-refractivity contribution in [3.8, 4) is 0 Å². The number of aliphatic hydroxyl groups excluding tert-OH is 1. The average molecular weight is 779 g/mol. The Balaban J connectivity index is 3.31. The Hall–Kier alpha value is -1.10. The number of hydrogen-bond donors (Lipinski definition) is 1. The quantitative estimate of drug-likeness (QED) is 0.0492. The van der Waals surface area contributed by atoms with E-state index in [-0.39, 0.29) is 25.2 Å². The first-order valence-corrected chi connectivity index (χ1v) is 25.1. The summed E-state index contributed by atoms with van der Waals surface area (Å²) < 4.78 is 10.6. The normalized spacial score (nSPS) is 12.0. The molecule has 0 aromatic rings. The van der Waals surface area contributed by atoms with Crippen molar-refractivity contribution in [2.45, 2.75) is 296 Å². The molecule has 5 heteroatoms. The molecular weight excluding hydrogens is 681 g/mol. The van der Waals surface area contributed by atoms with Crippen molar-refractivity contribution in [3.05, 3.63) is 0 Å². The highest BCUT2D eigenvalue weighted by Crippen LogP contribution is 2.17. The predicted octanol–water partition coefficient (Wildman–Crippen LogP) is 16.2. The van der Waals surface area contributed by atoms with Gasteiger partial charge in [0.15, 0.2) is 6.10 Å². The minimum Gasteiger partial charge on any atom is -0.462 e. The van der Waals surface area contributed by atoms with Crippen LogP contribution in [-0.2, 0) is 19.1 Å². The summed E-state index contributed by atoms with van der Waals surface area (Å²) in [6, 6.07) is 0. The Kier molecular flexibility index (Phi) is 46.3. The van der Waals surface area contributed by atoms with E-state index in [9.17, 15) is 14.7 Å². The smallest absolute Gasteiger partial charge is 0.306 e. The van der Waals surface area contributed by atoms with Crippen molar-refractivity contribution in [2.24, 2.45) is 0 Å². The summed E-state index contributed by atoms with van der Waals surface area (Å²) in [6.07, 6.45) is 55.3. The molecule has 0 spiro atoms. The molecule has 0 aliphatic rings. The second-order valence-corrected chi connectivity index (χ2v) is 17.3. The molecule has 1 unspecified atom stereocenters. The Morgan fingerprint density at radius 2 is 0.564 bits per heavy atom. The van der Waals surface area contributed by atoms with Gasteiger partial charge in [0.1, 0.15) is 6.61 Å². The molecule has 0 amide bonds. The van der Waals surface area contributed by atoms with Crippen LogP contribution in [0, 0.1) is 0 Å². The third-order valence-corrected chi connectivity index (χ3v) is 11.7. The van der Waals surface area contributed by atoms with Gasteiger partial charge in [-0.25, -0.2) is 0 Å². The van der Waals surface area contributed by atoms with Crippen LogP contribution in [-0.4, -0.2) is 36.4 Å². The number of carbonyl (C=O) groups excluding carboxylic acids is 2. The number of ether oxygens (including phenoxy) is 2. The lowest BCUT2D eigenvalue weighted by molar-refractivity contribution is -0.161. The van der Waals surface area contributed by atoms with E-state index in [1.54, 1.807) is 0 Å². The van der Waals surface area contributed by atoms with Gasteiger partial charge in [-0.1, -0.05) is 264 Å². The summed E-state index contributed by atoms with van der Waals surface area (Å²) in [4.78, 5) is 24.2. The molecule has 0 aliphatic carbocycles. The zero-order valence-corrected chi connectivity index (χ0v) is 37.5. The van der Waals surface area contributed by atoms with E-state index in [4.69, 9.17) is 9.47 Å². The van der Waals surface area contributed by atoms with Gasteiger partial charge in [-0.2, -0.15) is 0 Å². The van der Waals surface area contributed by atoms with Gasteiger partial charge in [-0.3, -0.25) is 9.59 Å². The second-order valence-electron chi connectivity index (χ2n) is 17.3. The molecule has 0 aromatic carbocycles. The molecule has 328 valence electrons. The summed E-state index contributed by atoms with van der Waals surface area (Å²) in [6.45, 7) is 4.14. The van der Waals surface area contributed by atoms with Gasteiger partial charge in [0, 0.05) is 12.8 Å². The second kappa shape index (κ2) is 47.3. The molecule has 0 fully saturated rings. The van der Waals surface area contributed by atoms with E-state index in [1.165, 1.54) is 225 Å². The van der Waals surface area contributed by atoms with Crippen LogP contribution in [0.25, 0.3) is 0 Å². The summed E-state index contributed by atoms with van der Waals surface area (Å²) in [5.41, 5.74) is 0. The van der Waals surface area contributed by atoms with Crippen LogP contribution in [0.5, 0.6) is 0 Å². The molecule has 55 heavy (non-hydrogen) atoms. The van der Waals surface area contributed by atoms with Crippen LogP contribution in [0.3, 0.4) is 0 Å². The van der Waals surface area contributed by atoms with Crippen molar-refractivity contribution < 1.29 is 24.2 Å². The highest BCUT2D eigenvalue weighted by Gasteiger charge is 2.16. The highest BCUT2D eigenvalue weighted by atomic mass is 16.6. The molecule has 0 rings (SSSR count). The number of aliphatic hydroxyl groups is 1. The van der Waals surface area contributed by atoms with Gasteiger partial charge in [0.2, 0.25) is 0 Å². The molecule has 0 saturated carbocycles. The number of hydrogen-bond acceptors (Lipinski definition) is 5. The van der Waals surface area contributed by atoms with Gasteiger partial charge in [-0.15, -0.1) is 0 Å². The van der Waals surface area contributed by atoms with Crippen molar-refractivity contribution in [2.75, 3.05) is 13.2 Å². The summed E-state index contributed by atoms with van der Waals surface area (Å²) in [7, 11) is 0. The minimum absolute atomic E-state index is 0.0578. The molecular formula is C50H98O5. The van der Waals surface area contributed by atoms with Crippen molar-refractivity contribution >= 4 is 11.9 Å². The van der Waals surface area contributed by atoms with E-state index < -0.39 is 6.10 Å². The Morgan fingerprint density at radius 3 is 0.800 bits per heavy atom. The topological polar surface area (TPSA) is 72.8 Å². The standard InChI is InChI=1S/C50H98O5/c1-3-5-7-9-11-13-14-15-16-17-18-19-20-21-22-23-24-25-26-27-28-29-30-31-32-33-34-35-36-37-39-41-43-45-50(53)55-48(46-51)47-54-49(52)44-42-40-38-12-10-8-6-4-2/h48,51H,3-47H2,1-2H3. The fourth-order valence-electron chi connectivity index (χ4n) is 7.85. The van der Waals surface area contributed by atoms with Crippen LogP contribution in [0.15, 0.2) is 0 Å². The van der Waals surface area contributed by atoms with Crippen LogP contribution >= 0.6 is 0 Å². The molecule has 1 N–H and O–H groups in total. The van der Waals surface area contributed by atoms with Gasteiger partial charge in [0.05, 0.1) is 6.61 Å². The molecule has 0 radical (unpaired) electrons. The molecule has 0 aliphatic heterocycles. The molecule has 0 heterocycles. The van der Waals surface area contributed by atoms with Crippen LogP contribution < -0.4 is 0 Å². The monoisotopic (exact) mass is 779 g/mol. The maximum Gasteiger partial charge on any atom is 0.306 e. The third-order valence-electron chi connectivity index (χ3n) is 11.7. The summed E-state index contributed by atoms with van der Waals surface area (Å²) >= 11 is 0. The van der Waals surface area contributed by atoms with Gasteiger partial charge in [0.25, 0.3) is 0 Å². The fraction of sp³-hybridized carbons (Fsp3) is 0.960. The molecule has 1 atom stereocenters. The zero-order valence-electron chi connectivity index (χ0n) is 37.5. The van der Waals surface area contributed by atoms with E-state index in [2.05, 4.69) is 13.8 Å². The summed E-state index contributed by atoms with van der Waals surface area (Å²) in [5, 5.41) is 9.55. The molecule has 0 saturated heterocycles. The Morgan fingerprint density at radius 1 is 0.345 bits per heavy atom. The number of esters is 2. The van der Waals surface area contributed by atoms with E-state index in [0.717, 1.165) is 38.5 Å². The molecule has 0 bridgehead atoms. The van der Waals surface area contributed by atoms with Crippen molar-refractivity contribution in [1.29, 1.82) is 0 Å². The van der Waals surface area contributed by atoms with Crippen LogP contribution in [0.4, 0.5) is 0 Å². The first-order valence-electron chi connectivity index (χ1n) is 25.1. The average Bonchev–Trinajstić information content (AvgIpc) is 3.19. The van der Waals surface area contributed by atoms with Gasteiger partial charge < -0.3 is 14.6 Å². The first kappa shape index (κ1) is 53.9. The SMILES string of the molecule is CCCCCCCCCCCCCCCCCCCCCCCCCCCCCCCCCCCC(=O)OC(CO)COC(=O)CCCCCCCCCC. The van der Waals surface area contributed by atoms with E-state index in [0.29, 0.717) is 12.8 Å². The summed E-state index contributed by atoms with van der Waals surface area (Å²) in [5.74, 6) is -0.578. The Labute approximate surface area is 344 Å². The maximum absolute atomic E-state index is 12.2.